The minimum Gasteiger partial charge on any atom is -0.490 e. The summed E-state index contributed by atoms with van der Waals surface area (Å²) in [4.78, 5) is 29.5. The molecule has 0 spiro atoms. The molecule has 3 heterocycles. The number of urea groups is 1. The van der Waals surface area contributed by atoms with Crippen LogP contribution in [0.5, 0.6) is 23.0 Å². The maximum atomic E-state index is 13.4. The van der Waals surface area contributed by atoms with Gasteiger partial charge in [0.2, 0.25) is 12.7 Å². The largest absolute Gasteiger partial charge is 0.490 e. The van der Waals surface area contributed by atoms with Gasteiger partial charge >= 0.3 is 6.03 Å². The van der Waals surface area contributed by atoms with E-state index in [0.717, 1.165) is 11.1 Å². The SMILES string of the molecule is CCOc1cc2c(cc1OCC)C1CC(=O)N(c3ccc4c(c3)OCO4)C(=O)N1CC2. The monoisotopic (exact) mass is 424 g/mol. The second-order valence-electron chi connectivity index (χ2n) is 7.58. The maximum absolute atomic E-state index is 13.4. The van der Waals surface area contributed by atoms with Crippen molar-refractivity contribution in [2.45, 2.75) is 32.7 Å². The van der Waals surface area contributed by atoms with Crippen LogP contribution in [0.3, 0.4) is 0 Å². The highest BCUT2D eigenvalue weighted by Crippen LogP contribution is 2.43. The minimum absolute atomic E-state index is 0.136. The van der Waals surface area contributed by atoms with E-state index in [1.54, 1.807) is 23.1 Å². The number of hydrogen-bond donors (Lipinski definition) is 0. The van der Waals surface area contributed by atoms with E-state index in [9.17, 15) is 9.59 Å². The van der Waals surface area contributed by atoms with Crippen molar-refractivity contribution in [3.63, 3.8) is 0 Å². The summed E-state index contributed by atoms with van der Waals surface area (Å²) >= 11 is 0. The fourth-order valence-corrected chi connectivity index (χ4v) is 4.47. The smallest absolute Gasteiger partial charge is 0.331 e. The Labute approximate surface area is 180 Å². The Morgan fingerprint density at radius 1 is 1.00 bits per heavy atom. The quantitative estimate of drug-likeness (QED) is 0.729. The number of amides is 3. The van der Waals surface area contributed by atoms with E-state index in [2.05, 4.69) is 0 Å². The second-order valence-corrected chi connectivity index (χ2v) is 7.58. The summed E-state index contributed by atoms with van der Waals surface area (Å²) in [5.74, 6) is 2.24. The van der Waals surface area contributed by atoms with Crippen molar-refractivity contribution in [3.8, 4) is 23.0 Å². The molecule has 1 unspecified atom stereocenters. The number of fused-ring (bicyclic) bond motifs is 4. The van der Waals surface area contributed by atoms with Gasteiger partial charge in [-0.25, -0.2) is 9.69 Å². The Morgan fingerprint density at radius 2 is 1.74 bits per heavy atom. The van der Waals surface area contributed by atoms with Gasteiger partial charge in [0.05, 0.1) is 31.4 Å². The number of rotatable bonds is 5. The van der Waals surface area contributed by atoms with E-state index in [-0.39, 0.29) is 31.2 Å². The third kappa shape index (κ3) is 3.22. The number of benzene rings is 2. The van der Waals surface area contributed by atoms with Crippen molar-refractivity contribution < 1.29 is 28.5 Å². The molecule has 3 aliphatic heterocycles. The summed E-state index contributed by atoms with van der Waals surface area (Å²) in [5, 5.41) is 0. The zero-order valence-corrected chi connectivity index (χ0v) is 17.6. The molecule has 2 aromatic rings. The number of carbonyl (C=O) groups is 2. The summed E-state index contributed by atoms with van der Waals surface area (Å²) in [6.07, 6.45) is 0.889. The van der Waals surface area contributed by atoms with Crippen LogP contribution in [0.15, 0.2) is 30.3 Å². The van der Waals surface area contributed by atoms with Crippen LogP contribution in [-0.2, 0) is 11.2 Å². The molecule has 31 heavy (non-hydrogen) atoms. The molecule has 1 saturated heterocycles. The summed E-state index contributed by atoms with van der Waals surface area (Å²) in [6, 6.07) is 8.39. The molecule has 0 bridgehead atoms. The van der Waals surface area contributed by atoms with Gasteiger partial charge in [-0.3, -0.25) is 4.79 Å². The number of hydrogen-bond acceptors (Lipinski definition) is 6. The molecule has 3 amide bonds. The molecule has 0 aliphatic carbocycles. The van der Waals surface area contributed by atoms with Gasteiger partial charge in [0.15, 0.2) is 23.0 Å². The first-order valence-corrected chi connectivity index (χ1v) is 10.6. The van der Waals surface area contributed by atoms with E-state index in [4.69, 9.17) is 18.9 Å². The highest BCUT2D eigenvalue weighted by Gasteiger charge is 2.43. The van der Waals surface area contributed by atoms with Gasteiger partial charge in [-0.2, -0.15) is 0 Å². The van der Waals surface area contributed by atoms with E-state index in [1.165, 1.54) is 4.90 Å². The van der Waals surface area contributed by atoms with Crippen LogP contribution < -0.4 is 23.8 Å². The number of imide groups is 1. The van der Waals surface area contributed by atoms with E-state index < -0.39 is 0 Å². The van der Waals surface area contributed by atoms with Crippen LogP contribution in [0.4, 0.5) is 10.5 Å². The predicted molar refractivity (Wildman–Crippen MR) is 112 cm³/mol. The summed E-state index contributed by atoms with van der Waals surface area (Å²) < 4.78 is 22.3. The lowest BCUT2D eigenvalue weighted by Crippen LogP contribution is -2.55. The fraction of sp³-hybridized carbons (Fsp3) is 0.391. The molecule has 0 saturated carbocycles. The molecular formula is C23H24N2O6. The lowest BCUT2D eigenvalue weighted by atomic mass is 9.88. The van der Waals surface area contributed by atoms with Crippen LogP contribution in [-0.4, -0.2) is 43.4 Å². The molecule has 1 fully saturated rings. The lowest BCUT2D eigenvalue weighted by molar-refractivity contribution is -0.120. The highest BCUT2D eigenvalue weighted by atomic mass is 16.7. The van der Waals surface area contributed by atoms with Crippen molar-refractivity contribution in [1.82, 2.24) is 4.90 Å². The summed E-state index contributed by atoms with van der Waals surface area (Å²) in [5.41, 5.74) is 2.53. The first kappa shape index (κ1) is 19.5. The third-order valence-electron chi connectivity index (χ3n) is 5.83. The zero-order valence-electron chi connectivity index (χ0n) is 17.6. The molecule has 2 aromatic carbocycles. The van der Waals surface area contributed by atoms with E-state index >= 15 is 0 Å². The molecule has 0 radical (unpaired) electrons. The molecule has 8 heteroatoms. The van der Waals surface area contributed by atoms with Crippen molar-refractivity contribution >= 4 is 17.6 Å². The van der Waals surface area contributed by atoms with Gasteiger partial charge < -0.3 is 23.8 Å². The number of ether oxygens (including phenoxy) is 4. The van der Waals surface area contributed by atoms with Crippen LogP contribution in [0.1, 0.15) is 37.4 Å². The molecule has 1 atom stereocenters. The topological polar surface area (TPSA) is 77.5 Å². The highest BCUT2D eigenvalue weighted by molar-refractivity contribution is 6.16. The number of nitrogens with zero attached hydrogens (tertiary/aromatic N) is 2. The van der Waals surface area contributed by atoms with Crippen molar-refractivity contribution in [1.29, 1.82) is 0 Å². The van der Waals surface area contributed by atoms with Crippen molar-refractivity contribution in [3.05, 3.63) is 41.5 Å². The molecule has 8 nitrogen and oxygen atoms in total. The normalized spacial score (nSPS) is 19.2. The Kier molecular flexibility index (Phi) is 4.84. The van der Waals surface area contributed by atoms with Gasteiger partial charge in [-0.15, -0.1) is 0 Å². The van der Waals surface area contributed by atoms with E-state index in [0.29, 0.717) is 54.9 Å². The Hall–Kier alpha value is -3.42. The Balaban J connectivity index is 1.48. The molecule has 5 rings (SSSR count). The van der Waals surface area contributed by atoms with Gasteiger partial charge in [-0.05, 0) is 55.7 Å². The van der Waals surface area contributed by atoms with Crippen LogP contribution in [0.2, 0.25) is 0 Å². The second kappa shape index (κ2) is 7.68. The zero-order chi connectivity index (χ0) is 21.5. The van der Waals surface area contributed by atoms with Crippen molar-refractivity contribution in [2.75, 3.05) is 31.5 Å². The van der Waals surface area contributed by atoms with Gasteiger partial charge in [0.25, 0.3) is 0 Å². The Bertz CT molecular complexity index is 1050. The maximum Gasteiger partial charge on any atom is 0.331 e. The van der Waals surface area contributed by atoms with Gasteiger partial charge in [0, 0.05) is 12.6 Å². The average molecular weight is 424 g/mol. The van der Waals surface area contributed by atoms with Crippen LogP contribution in [0.25, 0.3) is 0 Å². The molecule has 0 N–H and O–H groups in total. The number of anilines is 1. The van der Waals surface area contributed by atoms with E-state index in [1.807, 2.05) is 26.0 Å². The first-order valence-electron chi connectivity index (χ1n) is 10.6. The first-order chi connectivity index (χ1) is 15.1. The minimum atomic E-state index is -0.322. The fourth-order valence-electron chi connectivity index (χ4n) is 4.47. The summed E-state index contributed by atoms with van der Waals surface area (Å²) in [7, 11) is 0. The Morgan fingerprint density at radius 3 is 2.52 bits per heavy atom. The van der Waals surface area contributed by atoms with Gasteiger partial charge in [-0.1, -0.05) is 0 Å². The molecule has 0 aromatic heterocycles. The number of carbonyl (C=O) groups excluding carboxylic acids is 2. The van der Waals surface area contributed by atoms with Gasteiger partial charge in [0.1, 0.15) is 0 Å². The molecular weight excluding hydrogens is 400 g/mol. The van der Waals surface area contributed by atoms with Crippen molar-refractivity contribution in [2.24, 2.45) is 0 Å². The van der Waals surface area contributed by atoms with Crippen LogP contribution >= 0.6 is 0 Å². The summed E-state index contributed by atoms with van der Waals surface area (Å²) in [6.45, 7) is 5.55. The molecule has 162 valence electrons. The van der Waals surface area contributed by atoms with Crippen LogP contribution in [0, 0.1) is 0 Å². The average Bonchev–Trinajstić information content (AvgIpc) is 3.22. The third-order valence-corrected chi connectivity index (χ3v) is 5.83. The predicted octanol–water partition coefficient (Wildman–Crippen LogP) is 3.67. The lowest BCUT2D eigenvalue weighted by Gasteiger charge is -2.43. The standard InChI is InChI=1S/C23H24N2O6/c1-3-28-19-9-14-7-8-24-17(16(14)11-21(19)29-4-2)12-22(26)25(23(24)27)15-5-6-18-20(10-15)31-13-30-18/h5-6,9-11,17H,3-4,7-8,12-13H2,1-2H3. The molecule has 3 aliphatic rings.